The van der Waals surface area contributed by atoms with Gasteiger partial charge in [0.25, 0.3) is 5.91 Å². The zero-order chi connectivity index (χ0) is 20.3. The zero-order valence-electron chi connectivity index (χ0n) is 16.7. The topological polar surface area (TPSA) is 45.5 Å². The lowest BCUT2D eigenvalue weighted by molar-refractivity contribution is 0.102. The Morgan fingerprint density at radius 2 is 1.70 bits per heavy atom. The summed E-state index contributed by atoms with van der Waals surface area (Å²) in [7, 11) is 0. The van der Waals surface area contributed by atoms with E-state index in [0.29, 0.717) is 4.88 Å². The number of carbonyl (C=O) groups is 1. The van der Waals surface area contributed by atoms with Crippen LogP contribution in [0.25, 0.3) is 11.0 Å². The van der Waals surface area contributed by atoms with Crippen LogP contribution in [0.2, 0.25) is 0 Å². The summed E-state index contributed by atoms with van der Waals surface area (Å²) in [5, 5.41) is 6.04. The quantitative estimate of drug-likeness (QED) is 0.414. The van der Waals surface area contributed by atoms with E-state index in [1.807, 2.05) is 47.8 Å². The lowest BCUT2D eigenvalue weighted by Crippen LogP contribution is -2.34. The number of rotatable bonds is 5. The van der Waals surface area contributed by atoms with Crippen molar-refractivity contribution in [1.29, 1.82) is 0 Å². The fourth-order valence-electron chi connectivity index (χ4n) is 4.31. The average molecular weight is 417 g/mol. The summed E-state index contributed by atoms with van der Waals surface area (Å²) in [6.07, 6.45) is 3.63. The molecule has 0 aliphatic carbocycles. The van der Waals surface area contributed by atoms with Crippen molar-refractivity contribution >= 4 is 33.9 Å². The normalized spacial score (nSPS) is 15.9. The Balaban J connectivity index is 1.64. The molecule has 1 aliphatic rings. The van der Waals surface area contributed by atoms with E-state index < -0.39 is 0 Å². The number of nitrogens with zero attached hydrogens (tertiary/aromatic N) is 1. The molecule has 2 aromatic heterocycles. The van der Waals surface area contributed by atoms with Gasteiger partial charge < -0.3 is 9.73 Å². The molecule has 1 aliphatic heterocycles. The van der Waals surface area contributed by atoms with Crippen molar-refractivity contribution in [2.45, 2.75) is 25.3 Å². The molecule has 0 saturated carbocycles. The monoisotopic (exact) mass is 416 g/mol. The van der Waals surface area contributed by atoms with Crippen LogP contribution in [0.15, 0.2) is 76.5 Å². The lowest BCUT2D eigenvalue weighted by Gasteiger charge is -2.34. The Kier molecular flexibility index (Phi) is 5.39. The van der Waals surface area contributed by atoms with Crippen LogP contribution >= 0.6 is 11.3 Å². The zero-order valence-corrected chi connectivity index (χ0v) is 17.5. The molecule has 1 fully saturated rings. The highest BCUT2D eigenvalue weighted by Crippen LogP contribution is 2.41. The molecular formula is C25H24N2O2S. The molecule has 1 N–H and O–H groups in total. The SMILES string of the molecule is O=C(Nc1c(C(c2ccccc2)N2CCCCC2)oc2ccccc12)c1cccs1. The first-order chi connectivity index (χ1) is 14.8. The van der Waals surface area contributed by atoms with Gasteiger partial charge in [0.2, 0.25) is 0 Å². The van der Waals surface area contributed by atoms with Crippen molar-refractivity contribution < 1.29 is 9.21 Å². The molecule has 1 unspecified atom stereocenters. The summed E-state index contributed by atoms with van der Waals surface area (Å²) in [5.74, 6) is 0.720. The number of amides is 1. The molecule has 1 amide bonds. The van der Waals surface area contributed by atoms with Gasteiger partial charge in [-0.1, -0.05) is 55.0 Å². The van der Waals surface area contributed by atoms with Crippen LogP contribution in [-0.4, -0.2) is 23.9 Å². The third-order valence-electron chi connectivity index (χ3n) is 5.73. The molecule has 1 saturated heterocycles. The van der Waals surface area contributed by atoms with Crippen LogP contribution in [0.5, 0.6) is 0 Å². The average Bonchev–Trinajstić information content (AvgIpc) is 3.45. The number of carbonyl (C=O) groups excluding carboxylic acids is 1. The van der Waals surface area contributed by atoms with Gasteiger partial charge in [-0.05, 0) is 55.1 Å². The van der Waals surface area contributed by atoms with E-state index in [1.54, 1.807) is 0 Å². The second kappa shape index (κ2) is 8.46. The molecule has 3 heterocycles. The Morgan fingerprint density at radius 3 is 2.47 bits per heavy atom. The number of thiophene rings is 1. The number of fused-ring (bicyclic) bond motifs is 1. The van der Waals surface area contributed by atoms with Crippen molar-refractivity contribution in [1.82, 2.24) is 4.90 Å². The summed E-state index contributed by atoms with van der Waals surface area (Å²) in [4.78, 5) is 16.1. The van der Waals surface area contributed by atoms with Crippen LogP contribution in [-0.2, 0) is 0 Å². The van der Waals surface area contributed by atoms with Crippen molar-refractivity contribution in [2.24, 2.45) is 0 Å². The highest BCUT2D eigenvalue weighted by atomic mass is 32.1. The number of benzene rings is 2. The number of likely N-dealkylation sites (tertiary alicyclic amines) is 1. The van der Waals surface area contributed by atoms with Gasteiger partial charge in [-0.25, -0.2) is 0 Å². The molecule has 0 radical (unpaired) electrons. The smallest absolute Gasteiger partial charge is 0.265 e. The van der Waals surface area contributed by atoms with E-state index in [0.717, 1.165) is 35.5 Å². The summed E-state index contributed by atoms with van der Waals surface area (Å²) in [6.45, 7) is 2.05. The van der Waals surface area contributed by atoms with Gasteiger partial charge in [0.15, 0.2) is 0 Å². The minimum absolute atomic E-state index is 0.0301. The number of nitrogens with one attached hydrogen (secondary N) is 1. The van der Waals surface area contributed by atoms with Crippen LogP contribution in [0.1, 0.15) is 46.3 Å². The van der Waals surface area contributed by atoms with Crippen molar-refractivity contribution in [3.8, 4) is 0 Å². The fourth-order valence-corrected chi connectivity index (χ4v) is 4.93. The first-order valence-corrected chi connectivity index (χ1v) is 11.3. The number of anilines is 1. The largest absolute Gasteiger partial charge is 0.457 e. The standard InChI is InChI=1S/C25H24N2O2S/c28-25(21-14-9-17-30-21)26-22-19-12-5-6-13-20(19)29-24(22)23(18-10-3-1-4-11-18)27-15-7-2-8-16-27/h1,3-6,9-14,17,23H,2,7-8,15-16H2,(H,26,28). The second-order valence-electron chi connectivity index (χ2n) is 7.68. The highest BCUT2D eigenvalue weighted by Gasteiger charge is 2.31. The molecule has 4 nitrogen and oxygen atoms in total. The minimum atomic E-state index is -0.0942. The van der Waals surface area contributed by atoms with E-state index in [2.05, 4.69) is 34.5 Å². The van der Waals surface area contributed by atoms with Crippen molar-refractivity contribution in [2.75, 3.05) is 18.4 Å². The molecule has 5 rings (SSSR count). The van der Waals surface area contributed by atoms with Gasteiger partial charge in [-0.2, -0.15) is 0 Å². The molecule has 152 valence electrons. The van der Waals surface area contributed by atoms with Crippen molar-refractivity contribution in [3.05, 3.63) is 88.3 Å². The molecule has 1 atom stereocenters. The van der Waals surface area contributed by atoms with Gasteiger partial charge >= 0.3 is 0 Å². The van der Waals surface area contributed by atoms with E-state index in [4.69, 9.17) is 4.42 Å². The van der Waals surface area contributed by atoms with Crippen LogP contribution in [0.4, 0.5) is 5.69 Å². The number of para-hydroxylation sites is 1. The molecule has 0 spiro atoms. The predicted octanol–water partition coefficient (Wildman–Crippen LogP) is 6.32. The lowest BCUT2D eigenvalue weighted by atomic mass is 9.98. The van der Waals surface area contributed by atoms with Crippen LogP contribution < -0.4 is 5.32 Å². The second-order valence-corrected chi connectivity index (χ2v) is 8.63. The maximum absolute atomic E-state index is 12.9. The molecule has 5 heteroatoms. The number of hydrogen-bond acceptors (Lipinski definition) is 4. The van der Waals surface area contributed by atoms with Crippen molar-refractivity contribution in [3.63, 3.8) is 0 Å². The van der Waals surface area contributed by atoms with Gasteiger partial charge in [0, 0.05) is 5.39 Å². The molecule has 0 bridgehead atoms. The Bertz CT molecular complexity index is 1130. The molecule has 30 heavy (non-hydrogen) atoms. The van der Waals surface area contributed by atoms with Crippen LogP contribution in [0, 0.1) is 0 Å². The first-order valence-electron chi connectivity index (χ1n) is 10.5. The predicted molar refractivity (Wildman–Crippen MR) is 122 cm³/mol. The highest BCUT2D eigenvalue weighted by molar-refractivity contribution is 7.12. The van der Waals surface area contributed by atoms with E-state index in [9.17, 15) is 4.79 Å². The van der Waals surface area contributed by atoms with Gasteiger partial charge in [-0.3, -0.25) is 9.69 Å². The van der Waals surface area contributed by atoms with Crippen LogP contribution in [0.3, 0.4) is 0 Å². The molecular weight excluding hydrogens is 392 g/mol. The summed E-state index contributed by atoms with van der Waals surface area (Å²) < 4.78 is 6.43. The van der Waals surface area contributed by atoms with E-state index >= 15 is 0 Å². The number of piperidine rings is 1. The summed E-state index contributed by atoms with van der Waals surface area (Å²) in [6, 6.07) is 22.1. The van der Waals surface area contributed by atoms with E-state index in [-0.39, 0.29) is 11.9 Å². The summed E-state index contributed by atoms with van der Waals surface area (Å²) in [5.41, 5.74) is 2.76. The Labute approximate surface area is 180 Å². The number of furan rings is 1. The number of hydrogen-bond donors (Lipinski definition) is 1. The maximum atomic E-state index is 12.9. The Morgan fingerprint density at radius 1 is 0.933 bits per heavy atom. The Hall–Kier alpha value is -2.89. The van der Waals surface area contributed by atoms with Gasteiger partial charge in [0.1, 0.15) is 11.3 Å². The third kappa shape index (κ3) is 3.66. The van der Waals surface area contributed by atoms with Gasteiger partial charge in [-0.15, -0.1) is 11.3 Å². The minimum Gasteiger partial charge on any atom is -0.457 e. The summed E-state index contributed by atoms with van der Waals surface area (Å²) >= 11 is 1.44. The first kappa shape index (κ1) is 19.1. The third-order valence-corrected chi connectivity index (χ3v) is 6.59. The fraction of sp³-hybridized carbons (Fsp3) is 0.240. The van der Waals surface area contributed by atoms with Gasteiger partial charge in [0.05, 0.1) is 16.6 Å². The molecule has 2 aromatic carbocycles. The molecule has 4 aromatic rings. The van der Waals surface area contributed by atoms with E-state index in [1.165, 1.54) is 36.2 Å². The maximum Gasteiger partial charge on any atom is 0.265 e.